The number of hydrogen-bond acceptors (Lipinski definition) is 12. The summed E-state index contributed by atoms with van der Waals surface area (Å²) in [5.41, 5.74) is 0. The zero-order valence-corrected chi connectivity index (χ0v) is 15.4. The number of ether oxygens (including phenoxy) is 4. The molecule has 2 saturated heterocycles. The molecule has 0 aromatic carbocycles. The van der Waals surface area contributed by atoms with Crippen LogP contribution in [0.2, 0.25) is 0 Å². The SMILES string of the molecule is O=C(O)CCCO[C@@H]1OC(CO)[C@@H](O[C@@H]2OC(CO)[C@H](O)C(O)C2O)C(O)[C@@H]1O. The van der Waals surface area contributed by atoms with E-state index in [0.717, 1.165) is 0 Å². The molecule has 13 nitrogen and oxygen atoms in total. The van der Waals surface area contributed by atoms with Crippen LogP contribution in [0.4, 0.5) is 0 Å². The van der Waals surface area contributed by atoms with E-state index in [1.165, 1.54) is 0 Å². The molecule has 0 aromatic rings. The van der Waals surface area contributed by atoms with Gasteiger partial charge in [-0.05, 0) is 6.42 Å². The Kier molecular flexibility index (Phi) is 9.12. The summed E-state index contributed by atoms with van der Waals surface area (Å²) in [6, 6.07) is 0. The molecule has 0 saturated carbocycles. The highest BCUT2D eigenvalue weighted by Crippen LogP contribution is 2.29. The minimum atomic E-state index is -1.75. The zero-order chi connectivity index (χ0) is 21.7. The number of aliphatic carboxylic acids is 1. The molecule has 13 heteroatoms. The van der Waals surface area contributed by atoms with E-state index in [9.17, 15) is 40.5 Å². The number of carbonyl (C=O) groups is 1. The Bertz CT molecular complexity index is 515. The monoisotopic (exact) mass is 428 g/mol. The average molecular weight is 428 g/mol. The number of aliphatic hydroxyl groups is 7. The minimum absolute atomic E-state index is 0.0862. The van der Waals surface area contributed by atoms with Crippen LogP contribution in [0.25, 0.3) is 0 Å². The predicted octanol–water partition coefficient (Wildman–Crippen LogP) is -4.51. The maximum atomic E-state index is 10.5. The summed E-state index contributed by atoms with van der Waals surface area (Å²) in [4.78, 5) is 10.5. The molecule has 170 valence electrons. The van der Waals surface area contributed by atoms with E-state index in [1.807, 2.05) is 0 Å². The lowest BCUT2D eigenvalue weighted by molar-refractivity contribution is -0.359. The average Bonchev–Trinajstić information content (AvgIpc) is 2.69. The summed E-state index contributed by atoms with van der Waals surface area (Å²) in [7, 11) is 0. The first-order valence-electron chi connectivity index (χ1n) is 9.13. The molecule has 10 atom stereocenters. The fraction of sp³-hybridized carbons (Fsp3) is 0.938. The predicted molar refractivity (Wildman–Crippen MR) is 89.2 cm³/mol. The van der Waals surface area contributed by atoms with Gasteiger partial charge in [0.25, 0.3) is 0 Å². The summed E-state index contributed by atoms with van der Waals surface area (Å²) in [5, 5.41) is 77.6. The van der Waals surface area contributed by atoms with Gasteiger partial charge in [0, 0.05) is 6.42 Å². The molecule has 29 heavy (non-hydrogen) atoms. The molecule has 2 aliphatic rings. The fourth-order valence-electron chi connectivity index (χ4n) is 3.12. The Labute approximate surface area is 165 Å². The minimum Gasteiger partial charge on any atom is -0.481 e. The molecule has 8 N–H and O–H groups in total. The smallest absolute Gasteiger partial charge is 0.303 e. The van der Waals surface area contributed by atoms with Crippen LogP contribution in [-0.4, -0.2) is 128 Å². The Morgan fingerprint density at radius 2 is 1.38 bits per heavy atom. The zero-order valence-electron chi connectivity index (χ0n) is 15.4. The number of carboxylic acid groups (broad SMARTS) is 1. The Morgan fingerprint density at radius 1 is 0.793 bits per heavy atom. The largest absolute Gasteiger partial charge is 0.481 e. The van der Waals surface area contributed by atoms with E-state index >= 15 is 0 Å². The molecule has 2 fully saturated rings. The van der Waals surface area contributed by atoms with Gasteiger partial charge in [0.15, 0.2) is 12.6 Å². The van der Waals surface area contributed by atoms with Crippen molar-refractivity contribution < 1.29 is 64.6 Å². The second-order valence-electron chi connectivity index (χ2n) is 6.87. The van der Waals surface area contributed by atoms with Gasteiger partial charge in [0.1, 0.15) is 48.8 Å². The van der Waals surface area contributed by atoms with E-state index in [-0.39, 0.29) is 19.4 Å². The molecule has 2 rings (SSSR count). The molecule has 2 heterocycles. The molecule has 0 radical (unpaired) electrons. The highest BCUT2D eigenvalue weighted by atomic mass is 16.7. The molecule has 0 aromatic heterocycles. The van der Waals surface area contributed by atoms with Crippen LogP contribution in [0.3, 0.4) is 0 Å². The van der Waals surface area contributed by atoms with Gasteiger partial charge in [0.2, 0.25) is 0 Å². The van der Waals surface area contributed by atoms with Crippen molar-refractivity contribution in [1.82, 2.24) is 0 Å². The maximum Gasteiger partial charge on any atom is 0.303 e. The summed E-state index contributed by atoms with van der Waals surface area (Å²) in [6.07, 6.45) is -15.3. The number of carboxylic acids is 1. The molecule has 5 unspecified atom stereocenters. The maximum absolute atomic E-state index is 10.5. The van der Waals surface area contributed by atoms with Crippen molar-refractivity contribution in [3.05, 3.63) is 0 Å². The van der Waals surface area contributed by atoms with Crippen molar-refractivity contribution in [3.63, 3.8) is 0 Å². The van der Waals surface area contributed by atoms with Gasteiger partial charge in [-0.2, -0.15) is 0 Å². The standard InChI is InChI=1S/C16H28O13/c17-4-6-9(21)10(22)12(24)16(27-6)29-14-7(5-18)28-15(13(25)11(14)23)26-3-1-2-8(19)20/h6-7,9-18,21-25H,1-5H2,(H,19,20)/t6?,7?,9-,10?,11?,12?,13-,14+,15+,16-/m0/s1. The van der Waals surface area contributed by atoms with Crippen molar-refractivity contribution in [2.45, 2.75) is 74.3 Å². The van der Waals surface area contributed by atoms with Crippen molar-refractivity contribution >= 4 is 5.97 Å². The van der Waals surface area contributed by atoms with Crippen LogP contribution >= 0.6 is 0 Å². The van der Waals surface area contributed by atoms with Crippen LogP contribution in [0, 0.1) is 0 Å². The van der Waals surface area contributed by atoms with Crippen molar-refractivity contribution in [1.29, 1.82) is 0 Å². The normalized spacial score (nSPS) is 43.3. The van der Waals surface area contributed by atoms with Crippen LogP contribution in [0.15, 0.2) is 0 Å². The Hall–Kier alpha value is -0.970. The fourth-order valence-corrected chi connectivity index (χ4v) is 3.12. The van der Waals surface area contributed by atoms with Crippen LogP contribution in [0.1, 0.15) is 12.8 Å². The van der Waals surface area contributed by atoms with Gasteiger partial charge in [-0.3, -0.25) is 4.79 Å². The van der Waals surface area contributed by atoms with Crippen LogP contribution in [0.5, 0.6) is 0 Å². The Balaban J connectivity index is 2.01. The molecule has 0 amide bonds. The lowest BCUT2D eigenvalue weighted by atomic mass is 9.97. The lowest BCUT2D eigenvalue weighted by Crippen LogP contribution is -2.64. The summed E-state index contributed by atoms with van der Waals surface area (Å²) < 4.78 is 21.2. The first-order chi connectivity index (χ1) is 13.7. The van der Waals surface area contributed by atoms with Crippen LogP contribution in [-0.2, 0) is 23.7 Å². The molecule has 0 spiro atoms. The van der Waals surface area contributed by atoms with Gasteiger partial charge < -0.3 is 59.8 Å². The quantitative estimate of drug-likeness (QED) is 0.163. The second kappa shape index (κ2) is 10.9. The second-order valence-corrected chi connectivity index (χ2v) is 6.87. The number of hydrogen-bond donors (Lipinski definition) is 8. The molecule has 0 aliphatic carbocycles. The third kappa shape index (κ3) is 5.80. The van der Waals surface area contributed by atoms with Crippen molar-refractivity contribution in [3.8, 4) is 0 Å². The Morgan fingerprint density at radius 3 is 1.97 bits per heavy atom. The van der Waals surface area contributed by atoms with Gasteiger partial charge in [-0.25, -0.2) is 0 Å². The first kappa shape index (κ1) is 24.3. The first-order valence-corrected chi connectivity index (χ1v) is 9.13. The number of aliphatic hydroxyl groups excluding tert-OH is 7. The highest BCUT2D eigenvalue weighted by Gasteiger charge is 2.50. The van der Waals surface area contributed by atoms with Gasteiger partial charge in [-0.15, -0.1) is 0 Å². The van der Waals surface area contributed by atoms with Crippen molar-refractivity contribution in [2.75, 3.05) is 19.8 Å². The lowest BCUT2D eigenvalue weighted by Gasteiger charge is -2.45. The van der Waals surface area contributed by atoms with Gasteiger partial charge >= 0.3 is 5.97 Å². The topological polar surface area (TPSA) is 216 Å². The van der Waals surface area contributed by atoms with E-state index in [2.05, 4.69) is 0 Å². The molecular weight excluding hydrogens is 400 g/mol. The van der Waals surface area contributed by atoms with E-state index in [1.54, 1.807) is 0 Å². The number of rotatable bonds is 9. The summed E-state index contributed by atoms with van der Waals surface area (Å²) in [5.74, 6) is -1.03. The van der Waals surface area contributed by atoms with E-state index in [0.29, 0.717) is 0 Å². The van der Waals surface area contributed by atoms with Crippen LogP contribution < -0.4 is 0 Å². The van der Waals surface area contributed by atoms with Crippen molar-refractivity contribution in [2.24, 2.45) is 0 Å². The van der Waals surface area contributed by atoms with E-state index < -0.39 is 80.6 Å². The van der Waals surface area contributed by atoms with E-state index in [4.69, 9.17) is 24.1 Å². The molecule has 2 aliphatic heterocycles. The third-order valence-corrected chi connectivity index (χ3v) is 4.78. The highest BCUT2D eigenvalue weighted by molar-refractivity contribution is 5.66. The summed E-state index contributed by atoms with van der Waals surface area (Å²) in [6.45, 7) is -1.45. The molecular formula is C16H28O13. The third-order valence-electron chi connectivity index (χ3n) is 4.78. The van der Waals surface area contributed by atoms with Gasteiger partial charge in [0.05, 0.1) is 19.8 Å². The summed E-state index contributed by atoms with van der Waals surface area (Å²) >= 11 is 0. The van der Waals surface area contributed by atoms with Gasteiger partial charge in [-0.1, -0.05) is 0 Å². The molecule has 0 bridgehead atoms.